The lowest BCUT2D eigenvalue weighted by molar-refractivity contribution is -0.122. The van der Waals surface area contributed by atoms with Gasteiger partial charge in [-0.1, -0.05) is 23.5 Å². The van der Waals surface area contributed by atoms with Crippen molar-refractivity contribution >= 4 is 38.4 Å². The minimum atomic E-state index is -0.403. The lowest BCUT2D eigenvalue weighted by Gasteiger charge is -2.11. The van der Waals surface area contributed by atoms with Gasteiger partial charge in [0.15, 0.2) is 16.4 Å². The molecule has 1 amide bonds. The van der Waals surface area contributed by atoms with Crippen LogP contribution >= 0.6 is 11.3 Å². The molecule has 0 radical (unpaired) electrons. The maximum absolute atomic E-state index is 12.7. The molecule has 1 aliphatic rings. The van der Waals surface area contributed by atoms with E-state index in [-0.39, 0.29) is 12.5 Å². The highest BCUT2D eigenvalue weighted by Gasteiger charge is 2.20. The molecule has 0 unspecified atom stereocenters. The summed E-state index contributed by atoms with van der Waals surface area (Å²) in [6.45, 7) is 2.14. The Morgan fingerprint density at radius 2 is 2.00 bits per heavy atom. The predicted molar refractivity (Wildman–Crippen MR) is 117 cm³/mol. The second kappa shape index (κ2) is 7.99. The Morgan fingerprint density at radius 3 is 2.74 bits per heavy atom. The first-order valence-electron chi connectivity index (χ1n) is 10.0. The lowest BCUT2D eigenvalue weighted by atomic mass is 10.2. The van der Waals surface area contributed by atoms with Gasteiger partial charge in [-0.15, -0.1) is 5.10 Å². The van der Waals surface area contributed by atoms with E-state index in [0.717, 1.165) is 51.8 Å². The highest BCUT2D eigenvalue weighted by molar-refractivity contribution is 7.22. The zero-order valence-corrected chi connectivity index (χ0v) is 17.8. The van der Waals surface area contributed by atoms with Gasteiger partial charge in [-0.05, 0) is 30.5 Å². The van der Waals surface area contributed by atoms with Crippen molar-refractivity contribution in [2.75, 3.05) is 25.1 Å². The summed E-state index contributed by atoms with van der Waals surface area (Å²) >= 11 is 1.48. The largest absolute Gasteiger partial charge is 0.497 e. The molecule has 4 aromatic rings. The fourth-order valence-electron chi connectivity index (χ4n) is 3.61. The molecule has 1 saturated heterocycles. The number of hydrogen-bond donors (Lipinski definition) is 1. The average Bonchev–Trinajstić information content (AvgIpc) is 3.52. The number of benzene rings is 1. The summed E-state index contributed by atoms with van der Waals surface area (Å²) in [5.41, 5.74) is 1.57. The number of nitrogens with zero attached hydrogens (tertiary/aromatic N) is 6. The molecule has 0 atom stereocenters. The van der Waals surface area contributed by atoms with Crippen LogP contribution in [-0.4, -0.2) is 50.3 Å². The topological polar surface area (TPSA) is 107 Å². The molecule has 1 aliphatic heterocycles. The Hall–Kier alpha value is -3.47. The molecule has 11 heteroatoms. The lowest BCUT2D eigenvalue weighted by Crippen LogP contribution is -2.32. The van der Waals surface area contributed by atoms with Crippen molar-refractivity contribution in [2.24, 2.45) is 0 Å². The van der Waals surface area contributed by atoms with Gasteiger partial charge in [-0.2, -0.15) is 4.98 Å². The third kappa shape index (κ3) is 3.72. The quantitative estimate of drug-likeness (QED) is 0.484. The molecule has 0 aliphatic carbocycles. The van der Waals surface area contributed by atoms with Gasteiger partial charge in [0, 0.05) is 19.6 Å². The number of fused-ring (bicyclic) bond motifs is 3. The summed E-state index contributed by atoms with van der Waals surface area (Å²) in [5, 5.41) is 8.11. The first kappa shape index (κ1) is 19.5. The second-order valence-electron chi connectivity index (χ2n) is 7.35. The Kier molecular flexibility index (Phi) is 5.02. The van der Waals surface area contributed by atoms with Crippen molar-refractivity contribution in [3.05, 3.63) is 46.6 Å². The zero-order chi connectivity index (χ0) is 21.4. The van der Waals surface area contributed by atoms with E-state index in [1.54, 1.807) is 7.11 Å². The molecule has 10 nitrogen and oxygen atoms in total. The molecule has 5 rings (SSSR count). The number of ether oxygens (including phenoxy) is 1. The Balaban J connectivity index is 1.35. The zero-order valence-electron chi connectivity index (χ0n) is 16.9. The van der Waals surface area contributed by atoms with Crippen LogP contribution in [0.3, 0.4) is 0 Å². The van der Waals surface area contributed by atoms with Crippen molar-refractivity contribution in [3.8, 4) is 5.75 Å². The van der Waals surface area contributed by atoms with Crippen LogP contribution in [0.5, 0.6) is 5.75 Å². The molecule has 1 aromatic carbocycles. The van der Waals surface area contributed by atoms with E-state index in [4.69, 9.17) is 4.74 Å². The molecule has 160 valence electrons. The predicted octanol–water partition coefficient (Wildman–Crippen LogP) is 1.43. The number of thiazole rings is 1. The number of anilines is 1. The Labute approximate surface area is 181 Å². The van der Waals surface area contributed by atoms with Crippen molar-refractivity contribution in [1.29, 1.82) is 0 Å². The van der Waals surface area contributed by atoms with Gasteiger partial charge in [0.2, 0.25) is 5.91 Å². The van der Waals surface area contributed by atoms with E-state index in [0.29, 0.717) is 17.8 Å². The molecule has 4 heterocycles. The average molecular weight is 440 g/mol. The highest BCUT2D eigenvalue weighted by Crippen LogP contribution is 2.31. The van der Waals surface area contributed by atoms with Crippen molar-refractivity contribution in [2.45, 2.75) is 25.9 Å². The van der Waals surface area contributed by atoms with Crippen molar-refractivity contribution in [3.63, 3.8) is 0 Å². The number of carbonyl (C=O) groups excluding carboxylic acids is 1. The van der Waals surface area contributed by atoms with E-state index in [1.165, 1.54) is 22.1 Å². The molecule has 31 heavy (non-hydrogen) atoms. The smallest absolute Gasteiger partial charge is 0.352 e. The molecular formula is C20H21N7O3S. The summed E-state index contributed by atoms with van der Waals surface area (Å²) in [7, 11) is 1.60. The van der Waals surface area contributed by atoms with Gasteiger partial charge >= 0.3 is 5.69 Å². The van der Waals surface area contributed by atoms with Gasteiger partial charge in [0.1, 0.15) is 23.3 Å². The summed E-state index contributed by atoms with van der Waals surface area (Å²) in [6, 6.07) is 7.41. The molecular weight excluding hydrogens is 418 g/mol. The van der Waals surface area contributed by atoms with Crippen LogP contribution in [0.4, 0.5) is 5.13 Å². The maximum atomic E-state index is 12.7. The SMILES string of the molecule is COc1ccc(CNC(=O)Cn2nc3c4sc(N5CCCC5)nc4ncn3c2=O)cc1. The van der Waals surface area contributed by atoms with E-state index < -0.39 is 5.69 Å². The number of carbonyl (C=O) groups is 1. The second-order valence-corrected chi connectivity index (χ2v) is 8.32. The van der Waals surface area contributed by atoms with Crippen LogP contribution in [-0.2, 0) is 17.9 Å². The highest BCUT2D eigenvalue weighted by atomic mass is 32.1. The molecule has 0 bridgehead atoms. The number of methoxy groups -OCH3 is 1. The molecule has 1 N–H and O–H groups in total. The third-order valence-electron chi connectivity index (χ3n) is 5.29. The molecule has 3 aromatic heterocycles. The van der Waals surface area contributed by atoms with Gasteiger partial charge in [-0.25, -0.2) is 18.9 Å². The summed E-state index contributed by atoms with van der Waals surface area (Å²) in [5.74, 6) is 0.454. The van der Waals surface area contributed by atoms with Gasteiger partial charge in [-0.3, -0.25) is 4.79 Å². The van der Waals surface area contributed by atoms with Gasteiger partial charge in [0.05, 0.1) is 7.11 Å². The summed E-state index contributed by atoms with van der Waals surface area (Å²) < 4.78 is 8.41. The number of nitrogens with one attached hydrogen (secondary N) is 1. The van der Waals surface area contributed by atoms with Crippen LogP contribution < -0.4 is 20.6 Å². The van der Waals surface area contributed by atoms with Gasteiger partial charge < -0.3 is 15.0 Å². The molecule has 1 fully saturated rings. The number of hydrogen-bond acceptors (Lipinski definition) is 8. The van der Waals surface area contributed by atoms with E-state index in [2.05, 4.69) is 25.3 Å². The summed E-state index contributed by atoms with van der Waals surface area (Å²) in [6.07, 6.45) is 3.73. The monoisotopic (exact) mass is 439 g/mol. The summed E-state index contributed by atoms with van der Waals surface area (Å²) in [4.78, 5) is 36.3. The number of rotatable bonds is 6. The first-order valence-corrected chi connectivity index (χ1v) is 10.8. The minimum absolute atomic E-state index is 0.171. The van der Waals surface area contributed by atoms with E-state index in [1.807, 2.05) is 24.3 Å². The fourth-order valence-corrected chi connectivity index (χ4v) is 4.65. The normalized spacial score (nSPS) is 13.9. The van der Waals surface area contributed by atoms with Crippen LogP contribution in [0, 0.1) is 0 Å². The Morgan fingerprint density at radius 1 is 1.23 bits per heavy atom. The molecule has 0 spiro atoms. The van der Waals surface area contributed by atoms with Gasteiger partial charge in [0.25, 0.3) is 0 Å². The van der Waals surface area contributed by atoms with E-state index in [9.17, 15) is 9.59 Å². The fraction of sp³-hybridized carbons (Fsp3) is 0.350. The van der Waals surface area contributed by atoms with E-state index >= 15 is 0 Å². The van der Waals surface area contributed by atoms with Crippen molar-refractivity contribution in [1.82, 2.24) is 29.5 Å². The van der Waals surface area contributed by atoms with Crippen LogP contribution in [0.25, 0.3) is 16.0 Å². The van der Waals surface area contributed by atoms with Crippen LogP contribution in [0.2, 0.25) is 0 Å². The number of aromatic nitrogens is 5. The third-order valence-corrected chi connectivity index (χ3v) is 6.39. The molecule has 0 saturated carbocycles. The van der Waals surface area contributed by atoms with Crippen LogP contribution in [0.15, 0.2) is 35.4 Å². The van der Waals surface area contributed by atoms with Crippen LogP contribution in [0.1, 0.15) is 18.4 Å². The minimum Gasteiger partial charge on any atom is -0.497 e. The Bertz CT molecular complexity index is 1300. The maximum Gasteiger partial charge on any atom is 0.352 e. The number of amides is 1. The standard InChI is InChI=1S/C20H21N7O3S/c1-30-14-6-4-13(5-7-14)10-21-15(28)11-27-20(29)26-12-22-17-16(18(26)24-27)31-19(23-17)25-8-2-3-9-25/h4-7,12H,2-3,8-11H2,1H3,(H,21,28). The first-order chi connectivity index (χ1) is 15.1. The van der Waals surface area contributed by atoms with Crippen molar-refractivity contribution < 1.29 is 9.53 Å².